The second-order valence-electron chi connectivity index (χ2n) is 5.61. The van der Waals surface area contributed by atoms with Gasteiger partial charge in [0.25, 0.3) is 0 Å². The van der Waals surface area contributed by atoms with Crippen molar-refractivity contribution >= 4 is 11.9 Å². The molecule has 0 aromatic carbocycles. The Morgan fingerprint density at radius 2 is 2.10 bits per heavy atom. The van der Waals surface area contributed by atoms with Crippen LogP contribution in [0.2, 0.25) is 0 Å². The van der Waals surface area contributed by atoms with Gasteiger partial charge < -0.3 is 14.5 Å². The Morgan fingerprint density at radius 1 is 1.35 bits per heavy atom. The highest BCUT2D eigenvalue weighted by atomic mass is 16.5. The minimum Gasteiger partial charge on any atom is -0.372 e. The van der Waals surface area contributed by atoms with Crippen molar-refractivity contribution in [1.29, 1.82) is 0 Å². The maximum atomic E-state index is 11.8. The zero-order chi connectivity index (χ0) is 14.0. The SMILES string of the molecule is CCOCC(=O)N1CC2(CCN(c3ncccn3)C2)C1. The van der Waals surface area contributed by atoms with Crippen molar-refractivity contribution in [3.05, 3.63) is 18.5 Å². The van der Waals surface area contributed by atoms with Crippen molar-refractivity contribution in [2.24, 2.45) is 5.41 Å². The van der Waals surface area contributed by atoms with Crippen LogP contribution in [-0.4, -0.2) is 60.2 Å². The van der Waals surface area contributed by atoms with E-state index in [-0.39, 0.29) is 17.9 Å². The predicted octanol–water partition coefficient (Wildman–Crippen LogP) is 0.552. The molecule has 0 radical (unpaired) electrons. The Kier molecular flexibility index (Phi) is 3.56. The molecule has 3 rings (SSSR count). The third-order valence-electron chi connectivity index (χ3n) is 4.11. The summed E-state index contributed by atoms with van der Waals surface area (Å²) in [6, 6.07) is 1.83. The van der Waals surface area contributed by atoms with E-state index in [1.54, 1.807) is 12.4 Å². The lowest BCUT2D eigenvalue weighted by Gasteiger charge is -2.47. The van der Waals surface area contributed by atoms with Crippen molar-refractivity contribution in [2.45, 2.75) is 13.3 Å². The molecule has 2 fully saturated rings. The molecular weight excluding hydrogens is 256 g/mol. The van der Waals surface area contributed by atoms with Crippen molar-refractivity contribution in [1.82, 2.24) is 14.9 Å². The number of likely N-dealkylation sites (tertiary alicyclic amines) is 1. The predicted molar refractivity (Wildman–Crippen MR) is 74.4 cm³/mol. The molecule has 3 heterocycles. The molecule has 2 aliphatic rings. The molecule has 0 aliphatic carbocycles. The largest absolute Gasteiger partial charge is 0.372 e. The number of aromatic nitrogens is 2. The molecule has 0 saturated carbocycles. The molecular formula is C14H20N4O2. The van der Waals surface area contributed by atoms with Crippen LogP contribution in [0.1, 0.15) is 13.3 Å². The monoisotopic (exact) mass is 276 g/mol. The normalized spacial score (nSPS) is 20.2. The van der Waals surface area contributed by atoms with E-state index in [0.717, 1.165) is 38.5 Å². The molecule has 0 N–H and O–H groups in total. The molecule has 6 heteroatoms. The second-order valence-corrected chi connectivity index (χ2v) is 5.61. The van der Waals surface area contributed by atoms with Gasteiger partial charge in [-0.25, -0.2) is 9.97 Å². The molecule has 0 bridgehead atoms. The highest BCUT2D eigenvalue weighted by Gasteiger charge is 2.49. The Hall–Kier alpha value is -1.69. The minimum atomic E-state index is 0.104. The summed E-state index contributed by atoms with van der Waals surface area (Å²) in [6.07, 6.45) is 4.64. The highest BCUT2D eigenvalue weighted by Crippen LogP contribution is 2.40. The van der Waals surface area contributed by atoms with Gasteiger partial charge in [0.15, 0.2) is 0 Å². The van der Waals surface area contributed by atoms with Crippen LogP contribution in [0, 0.1) is 5.41 Å². The van der Waals surface area contributed by atoms with Crippen LogP contribution in [0.3, 0.4) is 0 Å². The lowest BCUT2D eigenvalue weighted by atomic mass is 9.79. The molecule has 1 aromatic rings. The van der Waals surface area contributed by atoms with Gasteiger partial charge in [-0.15, -0.1) is 0 Å². The first-order valence-electron chi connectivity index (χ1n) is 7.10. The topological polar surface area (TPSA) is 58.6 Å². The second kappa shape index (κ2) is 5.36. The molecule has 20 heavy (non-hydrogen) atoms. The third kappa shape index (κ3) is 2.47. The third-order valence-corrected chi connectivity index (χ3v) is 4.11. The molecule has 0 unspecified atom stereocenters. The van der Waals surface area contributed by atoms with Gasteiger partial charge in [-0.3, -0.25) is 4.79 Å². The van der Waals surface area contributed by atoms with Gasteiger partial charge in [-0.2, -0.15) is 0 Å². The van der Waals surface area contributed by atoms with Crippen molar-refractivity contribution in [3.8, 4) is 0 Å². The van der Waals surface area contributed by atoms with Crippen LogP contribution in [0.5, 0.6) is 0 Å². The van der Waals surface area contributed by atoms with Crippen molar-refractivity contribution in [2.75, 3.05) is 44.3 Å². The first kappa shape index (κ1) is 13.3. The molecule has 1 spiro atoms. The summed E-state index contributed by atoms with van der Waals surface area (Å²) in [5.74, 6) is 0.898. The summed E-state index contributed by atoms with van der Waals surface area (Å²) in [6.45, 7) is 6.28. The standard InChI is InChI=1S/C14H20N4O2/c1-2-20-8-12(19)18-10-14(11-18)4-7-17(9-14)13-15-5-3-6-16-13/h3,5-6H,2,4,7-11H2,1H3. The fourth-order valence-electron chi connectivity index (χ4n) is 3.04. The van der Waals surface area contributed by atoms with Gasteiger partial charge >= 0.3 is 0 Å². The number of carbonyl (C=O) groups excluding carboxylic acids is 1. The van der Waals surface area contributed by atoms with Crippen LogP contribution in [0.15, 0.2) is 18.5 Å². The number of rotatable bonds is 4. The van der Waals surface area contributed by atoms with Gasteiger partial charge in [-0.1, -0.05) is 0 Å². The minimum absolute atomic E-state index is 0.104. The summed E-state index contributed by atoms with van der Waals surface area (Å²) >= 11 is 0. The maximum Gasteiger partial charge on any atom is 0.248 e. The molecule has 0 atom stereocenters. The Bertz CT molecular complexity index is 473. The fourth-order valence-corrected chi connectivity index (χ4v) is 3.04. The lowest BCUT2D eigenvalue weighted by Crippen LogP contribution is -2.60. The summed E-state index contributed by atoms with van der Waals surface area (Å²) < 4.78 is 5.17. The number of hydrogen-bond acceptors (Lipinski definition) is 5. The number of amides is 1. The molecule has 2 aliphatic heterocycles. The smallest absolute Gasteiger partial charge is 0.248 e. The van der Waals surface area contributed by atoms with E-state index < -0.39 is 0 Å². The quantitative estimate of drug-likeness (QED) is 0.804. The van der Waals surface area contributed by atoms with Crippen LogP contribution >= 0.6 is 0 Å². The fraction of sp³-hybridized carbons (Fsp3) is 0.643. The van der Waals surface area contributed by atoms with Crippen molar-refractivity contribution < 1.29 is 9.53 Å². The summed E-state index contributed by atoms with van der Waals surface area (Å²) in [5.41, 5.74) is 0.237. The first-order valence-corrected chi connectivity index (χ1v) is 7.10. The number of ether oxygens (including phenoxy) is 1. The van der Waals surface area contributed by atoms with Gasteiger partial charge in [-0.05, 0) is 19.4 Å². The summed E-state index contributed by atoms with van der Waals surface area (Å²) in [5, 5.41) is 0. The van der Waals surface area contributed by atoms with E-state index in [9.17, 15) is 4.79 Å². The number of hydrogen-bond donors (Lipinski definition) is 0. The lowest BCUT2D eigenvalue weighted by molar-refractivity contribution is -0.147. The van der Waals surface area contributed by atoms with Crippen molar-refractivity contribution in [3.63, 3.8) is 0 Å². The molecule has 1 amide bonds. The average molecular weight is 276 g/mol. The van der Waals surface area contributed by atoms with Gasteiger partial charge in [0, 0.05) is 50.6 Å². The van der Waals surface area contributed by atoms with E-state index in [1.807, 2.05) is 17.9 Å². The Morgan fingerprint density at radius 3 is 2.80 bits per heavy atom. The Balaban J connectivity index is 1.53. The van der Waals surface area contributed by atoms with Crippen LogP contribution in [-0.2, 0) is 9.53 Å². The summed E-state index contributed by atoms with van der Waals surface area (Å²) in [7, 11) is 0. The van der Waals surface area contributed by atoms with E-state index >= 15 is 0 Å². The van der Waals surface area contributed by atoms with E-state index in [1.165, 1.54) is 0 Å². The van der Waals surface area contributed by atoms with Crippen LogP contribution in [0.25, 0.3) is 0 Å². The van der Waals surface area contributed by atoms with E-state index in [2.05, 4.69) is 14.9 Å². The number of carbonyl (C=O) groups is 1. The molecule has 108 valence electrons. The molecule has 6 nitrogen and oxygen atoms in total. The molecule has 2 saturated heterocycles. The highest BCUT2D eigenvalue weighted by molar-refractivity contribution is 5.78. The van der Waals surface area contributed by atoms with Crippen LogP contribution < -0.4 is 4.90 Å². The van der Waals surface area contributed by atoms with E-state index in [4.69, 9.17) is 4.74 Å². The van der Waals surface area contributed by atoms with E-state index in [0.29, 0.717) is 6.61 Å². The van der Waals surface area contributed by atoms with Gasteiger partial charge in [0.05, 0.1) is 0 Å². The number of anilines is 1. The zero-order valence-electron chi connectivity index (χ0n) is 11.8. The van der Waals surface area contributed by atoms with Gasteiger partial charge in [0.1, 0.15) is 6.61 Å². The summed E-state index contributed by atoms with van der Waals surface area (Å²) in [4.78, 5) is 24.5. The average Bonchev–Trinajstić information content (AvgIpc) is 2.89. The molecule has 1 aromatic heterocycles. The first-order chi connectivity index (χ1) is 9.72. The number of nitrogens with zero attached hydrogens (tertiary/aromatic N) is 4. The Labute approximate surface area is 118 Å². The maximum absolute atomic E-state index is 11.8. The van der Waals surface area contributed by atoms with Gasteiger partial charge in [0.2, 0.25) is 11.9 Å². The zero-order valence-corrected chi connectivity index (χ0v) is 11.8. The van der Waals surface area contributed by atoms with Crippen LogP contribution in [0.4, 0.5) is 5.95 Å².